The van der Waals surface area contributed by atoms with Gasteiger partial charge in [-0.2, -0.15) is 5.10 Å². The number of aryl methyl sites for hydroxylation is 2. The lowest BCUT2D eigenvalue weighted by molar-refractivity contribution is 0.414. The third kappa shape index (κ3) is 2.64. The normalized spacial score (nSPS) is 17.0. The summed E-state index contributed by atoms with van der Waals surface area (Å²) in [5, 5.41) is 14.7. The number of rotatable bonds is 3. The Morgan fingerprint density at radius 3 is 2.59 bits per heavy atom. The van der Waals surface area contributed by atoms with Crippen LogP contribution in [0.25, 0.3) is 0 Å². The second-order valence-electron chi connectivity index (χ2n) is 5.70. The molecule has 4 nitrogen and oxygen atoms in total. The highest BCUT2D eigenvalue weighted by molar-refractivity contribution is 6.04. The van der Waals surface area contributed by atoms with Gasteiger partial charge in [0, 0.05) is 12.0 Å². The Morgan fingerprint density at radius 1 is 1.18 bits per heavy atom. The van der Waals surface area contributed by atoms with Crippen molar-refractivity contribution in [1.29, 1.82) is 0 Å². The van der Waals surface area contributed by atoms with E-state index in [0.717, 1.165) is 40.1 Å². The molecule has 1 heterocycles. The minimum absolute atomic E-state index is 0.126. The number of aromatic hydroxyl groups is 1. The molecule has 3 rings (SSSR count). The number of phenolic OH excluding ortho intramolecular Hbond substituents is 1. The predicted octanol–water partition coefficient (Wildman–Crippen LogP) is 3.46. The molecule has 0 spiro atoms. The Morgan fingerprint density at radius 2 is 1.91 bits per heavy atom. The minimum atomic E-state index is 0.126. The van der Waals surface area contributed by atoms with Crippen LogP contribution in [0.3, 0.4) is 0 Å². The highest BCUT2D eigenvalue weighted by Gasteiger charge is 2.23. The van der Waals surface area contributed by atoms with Crippen LogP contribution in [0.1, 0.15) is 34.7 Å². The molecule has 0 saturated carbocycles. The molecule has 0 unspecified atom stereocenters. The highest BCUT2D eigenvalue weighted by Crippen LogP contribution is 2.31. The van der Waals surface area contributed by atoms with Gasteiger partial charge in [0.05, 0.1) is 18.9 Å². The number of hydrogen-bond acceptors (Lipinski definition) is 4. The van der Waals surface area contributed by atoms with Gasteiger partial charge in [0.15, 0.2) is 0 Å². The molecule has 0 bridgehead atoms. The van der Waals surface area contributed by atoms with Crippen molar-refractivity contribution in [3.63, 3.8) is 0 Å². The van der Waals surface area contributed by atoms with Crippen molar-refractivity contribution in [2.24, 2.45) is 5.10 Å². The number of benzene rings is 2. The first kappa shape index (κ1) is 14.4. The van der Waals surface area contributed by atoms with Crippen molar-refractivity contribution < 1.29 is 9.84 Å². The number of phenols is 1. The van der Waals surface area contributed by atoms with Gasteiger partial charge in [-0.05, 0) is 48.7 Å². The van der Waals surface area contributed by atoms with E-state index in [1.54, 1.807) is 7.11 Å². The quantitative estimate of drug-likeness (QED) is 0.912. The van der Waals surface area contributed by atoms with Gasteiger partial charge in [0.2, 0.25) is 0 Å². The fourth-order valence-corrected chi connectivity index (χ4v) is 2.82. The summed E-state index contributed by atoms with van der Waals surface area (Å²) in [6, 6.07) is 12.1. The first-order valence-corrected chi connectivity index (χ1v) is 7.35. The average Bonchev–Trinajstić information content (AvgIpc) is 3.00. The number of ether oxygens (including phenoxy) is 1. The number of nitrogens with one attached hydrogen (secondary N) is 1. The molecule has 4 heteroatoms. The van der Waals surface area contributed by atoms with Gasteiger partial charge >= 0.3 is 0 Å². The largest absolute Gasteiger partial charge is 0.507 e. The molecule has 1 atom stereocenters. The van der Waals surface area contributed by atoms with Gasteiger partial charge in [-0.15, -0.1) is 0 Å². The summed E-state index contributed by atoms with van der Waals surface area (Å²) in [7, 11) is 1.66. The summed E-state index contributed by atoms with van der Waals surface area (Å²) in [4.78, 5) is 0. The molecule has 0 saturated heterocycles. The molecule has 0 amide bonds. The summed E-state index contributed by atoms with van der Waals surface area (Å²) in [6.45, 7) is 3.94. The van der Waals surface area contributed by atoms with Crippen molar-refractivity contribution in [3.05, 3.63) is 58.7 Å². The lowest BCUT2D eigenvalue weighted by Crippen LogP contribution is -2.09. The summed E-state index contributed by atoms with van der Waals surface area (Å²) in [5.74, 6) is 1.16. The van der Waals surface area contributed by atoms with E-state index in [1.807, 2.05) is 50.2 Å². The van der Waals surface area contributed by atoms with Crippen LogP contribution in [0.4, 0.5) is 0 Å². The fourth-order valence-electron chi connectivity index (χ4n) is 2.82. The Bertz CT molecular complexity index is 721. The first-order chi connectivity index (χ1) is 10.6. The zero-order valence-electron chi connectivity index (χ0n) is 13.1. The molecule has 2 aromatic rings. The lowest BCUT2D eigenvalue weighted by atomic mass is 9.96. The molecule has 0 radical (unpaired) electrons. The van der Waals surface area contributed by atoms with Crippen LogP contribution in [-0.2, 0) is 0 Å². The van der Waals surface area contributed by atoms with Crippen molar-refractivity contribution in [2.75, 3.05) is 7.11 Å². The van der Waals surface area contributed by atoms with Crippen LogP contribution in [0.2, 0.25) is 0 Å². The van der Waals surface area contributed by atoms with E-state index >= 15 is 0 Å². The maximum absolute atomic E-state index is 10.3. The predicted molar refractivity (Wildman–Crippen MR) is 87.6 cm³/mol. The molecular formula is C18H20N2O2. The summed E-state index contributed by atoms with van der Waals surface area (Å²) < 4.78 is 5.18. The van der Waals surface area contributed by atoms with E-state index in [9.17, 15) is 5.11 Å². The van der Waals surface area contributed by atoms with Crippen LogP contribution < -0.4 is 10.2 Å². The van der Waals surface area contributed by atoms with Gasteiger partial charge in [-0.1, -0.05) is 18.2 Å². The summed E-state index contributed by atoms with van der Waals surface area (Å²) in [6.07, 6.45) is 0.753. The minimum Gasteiger partial charge on any atom is -0.507 e. The molecule has 0 aliphatic carbocycles. The SMILES string of the molecule is COc1ccc([C@@H]2CC(c3cc(C)cc(C)c3O)=NN2)cc1. The van der Waals surface area contributed by atoms with Gasteiger partial charge in [-0.3, -0.25) is 0 Å². The third-order valence-electron chi connectivity index (χ3n) is 4.03. The van der Waals surface area contributed by atoms with Gasteiger partial charge in [-0.25, -0.2) is 0 Å². The van der Waals surface area contributed by atoms with Crippen molar-refractivity contribution >= 4 is 5.71 Å². The van der Waals surface area contributed by atoms with Crippen molar-refractivity contribution in [1.82, 2.24) is 5.43 Å². The molecule has 22 heavy (non-hydrogen) atoms. The van der Waals surface area contributed by atoms with Gasteiger partial charge in [0.1, 0.15) is 11.5 Å². The maximum Gasteiger partial charge on any atom is 0.127 e. The maximum atomic E-state index is 10.3. The van der Waals surface area contributed by atoms with Crippen LogP contribution in [0.5, 0.6) is 11.5 Å². The van der Waals surface area contributed by atoms with Crippen LogP contribution in [0.15, 0.2) is 41.5 Å². The number of methoxy groups -OCH3 is 1. The molecule has 1 aliphatic rings. The Hall–Kier alpha value is -2.49. The molecule has 2 aromatic carbocycles. The summed E-state index contributed by atoms with van der Waals surface area (Å²) >= 11 is 0. The van der Waals surface area contributed by atoms with E-state index in [2.05, 4.69) is 10.5 Å². The number of hydrazone groups is 1. The summed E-state index contributed by atoms with van der Waals surface area (Å²) in [5.41, 5.74) is 8.04. The average molecular weight is 296 g/mol. The van der Waals surface area contributed by atoms with E-state index in [4.69, 9.17) is 4.74 Å². The van der Waals surface area contributed by atoms with E-state index in [1.165, 1.54) is 0 Å². The van der Waals surface area contributed by atoms with Gasteiger partial charge < -0.3 is 15.3 Å². The number of nitrogens with zero attached hydrogens (tertiary/aromatic N) is 1. The molecule has 114 valence electrons. The van der Waals surface area contributed by atoms with Crippen LogP contribution >= 0.6 is 0 Å². The van der Waals surface area contributed by atoms with E-state index in [-0.39, 0.29) is 6.04 Å². The number of hydrogen-bond donors (Lipinski definition) is 2. The highest BCUT2D eigenvalue weighted by atomic mass is 16.5. The molecule has 0 aromatic heterocycles. The molecule has 0 fully saturated rings. The Balaban J connectivity index is 1.82. The monoisotopic (exact) mass is 296 g/mol. The smallest absolute Gasteiger partial charge is 0.127 e. The van der Waals surface area contributed by atoms with Crippen LogP contribution in [0, 0.1) is 13.8 Å². The first-order valence-electron chi connectivity index (χ1n) is 7.35. The second kappa shape index (κ2) is 5.72. The zero-order chi connectivity index (χ0) is 15.7. The van der Waals surface area contributed by atoms with Gasteiger partial charge in [0.25, 0.3) is 0 Å². The zero-order valence-corrected chi connectivity index (χ0v) is 13.1. The van der Waals surface area contributed by atoms with E-state index < -0.39 is 0 Å². The van der Waals surface area contributed by atoms with Crippen LogP contribution in [-0.4, -0.2) is 17.9 Å². The second-order valence-corrected chi connectivity index (χ2v) is 5.70. The lowest BCUT2D eigenvalue weighted by Gasteiger charge is -2.11. The van der Waals surface area contributed by atoms with E-state index in [0.29, 0.717) is 5.75 Å². The standard InChI is InChI=1S/C18H20N2O2/c1-11-8-12(2)18(21)15(9-11)17-10-16(19-20-17)13-4-6-14(22-3)7-5-13/h4-9,16,19,21H,10H2,1-3H3/t16-/m0/s1. The molecule has 1 aliphatic heterocycles. The molecular weight excluding hydrogens is 276 g/mol. The third-order valence-corrected chi connectivity index (χ3v) is 4.03. The van der Waals surface area contributed by atoms with Crippen molar-refractivity contribution in [3.8, 4) is 11.5 Å². The molecule has 2 N–H and O–H groups in total. The Labute approximate surface area is 130 Å². The van der Waals surface area contributed by atoms with Crippen molar-refractivity contribution in [2.45, 2.75) is 26.3 Å². The topological polar surface area (TPSA) is 53.9 Å². The Kier molecular flexibility index (Phi) is 3.75. The fraction of sp³-hybridized carbons (Fsp3) is 0.278.